The van der Waals surface area contributed by atoms with Gasteiger partial charge < -0.3 is 5.32 Å². The number of carbonyl (C=O) groups is 1. The van der Waals surface area contributed by atoms with Crippen LogP contribution in [0.3, 0.4) is 0 Å². The average Bonchev–Trinajstić information content (AvgIpc) is 2.67. The molecule has 0 aliphatic rings. The van der Waals surface area contributed by atoms with E-state index in [1.54, 1.807) is 22.8 Å². The number of thioether (sulfide) groups is 1. The predicted octanol–water partition coefficient (Wildman–Crippen LogP) is 4.04. The molecular weight excluding hydrogens is 382 g/mol. The third-order valence-electron chi connectivity index (χ3n) is 4.22. The number of hydrogen-bond donors (Lipinski definition) is 1. The molecule has 1 amide bonds. The molecule has 0 spiro atoms. The summed E-state index contributed by atoms with van der Waals surface area (Å²) in [7, 11) is 0. The number of benzene rings is 2. The van der Waals surface area contributed by atoms with Crippen LogP contribution in [0.2, 0.25) is 5.02 Å². The Morgan fingerprint density at radius 3 is 2.63 bits per heavy atom. The Balaban J connectivity index is 1.71. The van der Waals surface area contributed by atoms with Gasteiger partial charge in [-0.25, -0.2) is 4.98 Å². The summed E-state index contributed by atoms with van der Waals surface area (Å²) < 4.78 is 1.60. The van der Waals surface area contributed by atoms with Crippen molar-refractivity contribution >= 4 is 40.2 Å². The first-order valence-electron chi connectivity index (χ1n) is 8.66. The van der Waals surface area contributed by atoms with Crippen LogP contribution in [0.1, 0.15) is 25.5 Å². The van der Waals surface area contributed by atoms with Gasteiger partial charge in [-0.1, -0.05) is 47.6 Å². The Kier molecular flexibility index (Phi) is 6.19. The molecule has 2 aromatic carbocycles. The minimum Gasteiger partial charge on any atom is -0.349 e. The molecule has 140 valence electrons. The summed E-state index contributed by atoms with van der Waals surface area (Å²) in [5.41, 5.74) is 1.54. The van der Waals surface area contributed by atoms with Gasteiger partial charge in [0, 0.05) is 11.6 Å². The van der Waals surface area contributed by atoms with Gasteiger partial charge in [0.15, 0.2) is 5.16 Å². The molecule has 1 atom stereocenters. The molecule has 1 heterocycles. The van der Waals surface area contributed by atoms with Crippen LogP contribution in [0.15, 0.2) is 58.5 Å². The lowest BCUT2D eigenvalue weighted by Crippen LogP contribution is -2.29. The second-order valence-corrected chi connectivity index (χ2v) is 7.47. The molecule has 1 aromatic heterocycles. The lowest BCUT2D eigenvalue weighted by Gasteiger charge is -2.15. The zero-order valence-corrected chi connectivity index (χ0v) is 16.7. The summed E-state index contributed by atoms with van der Waals surface area (Å²) in [6.45, 7) is 4.31. The number of rotatable bonds is 6. The van der Waals surface area contributed by atoms with Crippen molar-refractivity contribution < 1.29 is 4.79 Å². The van der Waals surface area contributed by atoms with Gasteiger partial charge in [0.05, 0.1) is 22.7 Å². The van der Waals surface area contributed by atoms with E-state index in [1.165, 1.54) is 11.8 Å². The molecule has 1 N–H and O–H groups in total. The monoisotopic (exact) mass is 401 g/mol. The van der Waals surface area contributed by atoms with Gasteiger partial charge in [0.1, 0.15) is 0 Å². The van der Waals surface area contributed by atoms with Crippen LogP contribution in [0.4, 0.5) is 0 Å². The Labute approximate surface area is 166 Å². The fourth-order valence-corrected chi connectivity index (χ4v) is 3.79. The Hall–Kier alpha value is -2.31. The molecule has 3 rings (SSSR count). The van der Waals surface area contributed by atoms with Crippen LogP contribution in [-0.4, -0.2) is 21.2 Å². The third kappa shape index (κ3) is 4.51. The number of hydrogen-bond acceptors (Lipinski definition) is 4. The second kappa shape index (κ2) is 8.59. The Bertz CT molecular complexity index is 1020. The van der Waals surface area contributed by atoms with Gasteiger partial charge >= 0.3 is 0 Å². The number of para-hydroxylation sites is 1. The number of halogens is 1. The molecule has 0 fully saturated rings. The van der Waals surface area contributed by atoms with Crippen molar-refractivity contribution in [2.75, 3.05) is 5.75 Å². The minimum atomic E-state index is -0.131. The maximum atomic E-state index is 12.6. The summed E-state index contributed by atoms with van der Waals surface area (Å²) in [6.07, 6.45) is 0. The van der Waals surface area contributed by atoms with Crippen LogP contribution in [0, 0.1) is 0 Å². The Morgan fingerprint density at radius 2 is 1.93 bits per heavy atom. The molecule has 0 aliphatic heterocycles. The lowest BCUT2D eigenvalue weighted by molar-refractivity contribution is -0.119. The number of nitrogens with zero attached hydrogens (tertiary/aromatic N) is 2. The van der Waals surface area contributed by atoms with Crippen LogP contribution < -0.4 is 10.9 Å². The van der Waals surface area contributed by atoms with Crippen molar-refractivity contribution in [1.29, 1.82) is 0 Å². The number of amides is 1. The molecule has 0 saturated carbocycles. The molecule has 7 heteroatoms. The highest BCUT2D eigenvalue weighted by atomic mass is 35.5. The van der Waals surface area contributed by atoms with E-state index >= 15 is 0 Å². The van der Waals surface area contributed by atoms with Crippen molar-refractivity contribution in [3.05, 3.63) is 69.5 Å². The zero-order chi connectivity index (χ0) is 19.4. The van der Waals surface area contributed by atoms with Crippen LogP contribution in [-0.2, 0) is 11.3 Å². The fourth-order valence-electron chi connectivity index (χ4n) is 2.78. The largest absolute Gasteiger partial charge is 0.349 e. The van der Waals surface area contributed by atoms with Crippen LogP contribution in [0.5, 0.6) is 0 Å². The maximum Gasteiger partial charge on any atom is 0.262 e. The molecule has 5 nitrogen and oxygen atoms in total. The van der Waals surface area contributed by atoms with Crippen LogP contribution in [0.25, 0.3) is 10.9 Å². The van der Waals surface area contributed by atoms with Crippen molar-refractivity contribution in [1.82, 2.24) is 14.9 Å². The first-order valence-corrected chi connectivity index (χ1v) is 10.0. The predicted molar refractivity (Wildman–Crippen MR) is 110 cm³/mol. The SMILES string of the molecule is CCn1c(SCC(=O)NC(C)c2ccc(Cl)cc2)nc2ccccc2c1=O. The van der Waals surface area contributed by atoms with E-state index in [1.807, 2.05) is 44.2 Å². The summed E-state index contributed by atoms with van der Waals surface area (Å²) >= 11 is 7.16. The quantitative estimate of drug-likeness (QED) is 0.500. The summed E-state index contributed by atoms with van der Waals surface area (Å²) in [5.74, 6) is 0.0652. The van der Waals surface area contributed by atoms with E-state index in [9.17, 15) is 9.59 Å². The number of aromatic nitrogens is 2. The van der Waals surface area contributed by atoms with E-state index in [4.69, 9.17) is 11.6 Å². The molecule has 0 radical (unpaired) electrons. The normalized spacial score (nSPS) is 12.1. The smallest absolute Gasteiger partial charge is 0.262 e. The number of nitrogens with one attached hydrogen (secondary N) is 1. The van der Waals surface area contributed by atoms with Crippen molar-refractivity contribution in [3.63, 3.8) is 0 Å². The minimum absolute atomic E-state index is 0.0828. The first-order chi connectivity index (χ1) is 13.0. The van der Waals surface area contributed by atoms with Gasteiger partial charge in [-0.05, 0) is 43.7 Å². The van der Waals surface area contributed by atoms with Gasteiger partial charge in [-0.2, -0.15) is 0 Å². The zero-order valence-electron chi connectivity index (χ0n) is 15.1. The molecule has 0 bridgehead atoms. The fraction of sp³-hybridized carbons (Fsp3) is 0.250. The maximum absolute atomic E-state index is 12.6. The summed E-state index contributed by atoms with van der Waals surface area (Å²) in [5, 5.41) is 4.76. The topological polar surface area (TPSA) is 64.0 Å². The Morgan fingerprint density at radius 1 is 1.22 bits per heavy atom. The molecular formula is C20H20ClN3O2S. The third-order valence-corrected chi connectivity index (χ3v) is 5.45. The average molecular weight is 402 g/mol. The van der Waals surface area contributed by atoms with Crippen molar-refractivity contribution in [2.24, 2.45) is 0 Å². The van der Waals surface area contributed by atoms with Crippen molar-refractivity contribution in [2.45, 2.75) is 31.6 Å². The van der Waals surface area contributed by atoms with Gasteiger partial charge in [-0.15, -0.1) is 0 Å². The standard InChI is InChI=1S/C20H20ClN3O2S/c1-3-24-19(26)16-6-4-5-7-17(16)23-20(24)27-12-18(25)22-13(2)14-8-10-15(21)11-9-14/h4-11,13H,3,12H2,1-2H3,(H,22,25). The summed E-state index contributed by atoms with van der Waals surface area (Å²) in [6, 6.07) is 14.5. The molecule has 1 unspecified atom stereocenters. The molecule has 0 saturated heterocycles. The molecule has 3 aromatic rings. The van der Waals surface area contributed by atoms with Crippen molar-refractivity contribution in [3.8, 4) is 0 Å². The highest BCUT2D eigenvalue weighted by Gasteiger charge is 2.14. The van der Waals surface area contributed by atoms with E-state index in [0.29, 0.717) is 27.6 Å². The number of fused-ring (bicyclic) bond motifs is 1. The van der Waals surface area contributed by atoms with Gasteiger partial charge in [-0.3, -0.25) is 14.2 Å². The van der Waals surface area contributed by atoms with E-state index in [0.717, 1.165) is 5.56 Å². The van der Waals surface area contributed by atoms with E-state index in [-0.39, 0.29) is 23.3 Å². The highest BCUT2D eigenvalue weighted by molar-refractivity contribution is 7.99. The lowest BCUT2D eigenvalue weighted by atomic mass is 10.1. The molecule has 27 heavy (non-hydrogen) atoms. The first kappa shape index (κ1) is 19.5. The van der Waals surface area contributed by atoms with Gasteiger partial charge in [0.25, 0.3) is 5.56 Å². The highest BCUT2D eigenvalue weighted by Crippen LogP contribution is 2.19. The van der Waals surface area contributed by atoms with Crippen LogP contribution >= 0.6 is 23.4 Å². The summed E-state index contributed by atoms with van der Waals surface area (Å²) in [4.78, 5) is 29.5. The molecule has 0 aliphatic carbocycles. The second-order valence-electron chi connectivity index (χ2n) is 6.09. The number of carbonyl (C=O) groups excluding carboxylic acids is 1. The van der Waals surface area contributed by atoms with E-state index < -0.39 is 0 Å². The van der Waals surface area contributed by atoms with E-state index in [2.05, 4.69) is 10.3 Å². The van der Waals surface area contributed by atoms with Gasteiger partial charge in [0.2, 0.25) is 5.91 Å².